The van der Waals surface area contributed by atoms with E-state index < -0.39 is 0 Å². The molecule has 1 aliphatic heterocycles. The number of benzene rings is 1. The van der Waals surface area contributed by atoms with Gasteiger partial charge in [0.05, 0.1) is 5.52 Å². The molecule has 1 aromatic heterocycles. The highest BCUT2D eigenvalue weighted by molar-refractivity contribution is 8.07. The molecule has 2 N–H and O–H groups in total. The first-order chi connectivity index (χ1) is 10.3. The van der Waals surface area contributed by atoms with Crippen LogP contribution in [0.15, 0.2) is 36.5 Å². The van der Waals surface area contributed by atoms with E-state index in [0.29, 0.717) is 10.5 Å². The van der Waals surface area contributed by atoms with Gasteiger partial charge in [0.25, 0.3) is 0 Å². The molecule has 0 bridgehead atoms. The van der Waals surface area contributed by atoms with Gasteiger partial charge in [-0.1, -0.05) is 25.1 Å². The van der Waals surface area contributed by atoms with Gasteiger partial charge in [-0.15, -0.1) is 0 Å². The van der Waals surface area contributed by atoms with Crippen molar-refractivity contribution in [2.24, 2.45) is 5.73 Å². The second-order valence-electron chi connectivity index (χ2n) is 5.51. The van der Waals surface area contributed by atoms with Crippen molar-refractivity contribution in [2.45, 2.75) is 36.3 Å². The minimum absolute atomic E-state index is 0.221. The third-order valence-corrected chi connectivity index (χ3v) is 7.54. The lowest BCUT2D eigenvalue weighted by molar-refractivity contribution is 0.599. The van der Waals surface area contributed by atoms with Crippen molar-refractivity contribution in [1.29, 1.82) is 0 Å². The summed E-state index contributed by atoms with van der Waals surface area (Å²) in [6.45, 7) is 2.28. The standard InChI is InChI=1S/C17H22N2S2/c1-2-16-17(21-10-9-20-16)14(18)11-12-7-8-19-15-6-4-3-5-13(12)15/h3-8,14,16-17H,2,9-11,18H2,1H3. The Morgan fingerprint density at radius 3 is 2.90 bits per heavy atom. The molecule has 21 heavy (non-hydrogen) atoms. The molecule has 3 atom stereocenters. The monoisotopic (exact) mass is 318 g/mol. The van der Waals surface area contributed by atoms with E-state index in [4.69, 9.17) is 5.73 Å². The van der Waals surface area contributed by atoms with Crippen LogP contribution in [0.3, 0.4) is 0 Å². The molecule has 0 aliphatic carbocycles. The van der Waals surface area contributed by atoms with Gasteiger partial charge in [0.2, 0.25) is 0 Å². The zero-order valence-electron chi connectivity index (χ0n) is 12.4. The molecule has 2 aromatic rings. The number of rotatable bonds is 4. The second kappa shape index (κ2) is 7.03. The van der Waals surface area contributed by atoms with E-state index in [1.165, 1.54) is 28.9 Å². The minimum Gasteiger partial charge on any atom is -0.326 e. The van der Waals surface area contributed by atoms with Crippen LogP contribution in [0.25, 0.3) is 10.9 Å². The number of hydrogen-bond acceptors (Lipinski definition) is 4. The van der Waals surface area contributed by atoms with Crippen molar-refractivity contribution >= 4 is 34.4 Å². The van der Waals surface area contributed by atoms with E-state index in [-0.39, 0.29) is 6.04 Å². The Morgan fingerprint density at radius 2 is 2.05 bits per heavy atom. The summed E-state index contributed by atoms with van der Waals surface area (Å²) in [5, 5.41) is 2.52. The molecule has 3 unspecified atom stereocenters. The van der Waals surface area contributed by atoms with Crippen molar-refractivity contribution < 1.29 is 0 Å². The quantitative estimate of drug-likeness (QED) is 0.932. The van der Waals surface area contributed by atoms with Crippen LogP contribution in [0.1, 0.15) is 18.9 Å². The summed E-state index contributed by atoms with van der Waals surface area (Å²) in [6, 6.07) is 10.7. The van der Waals surface area contributed by atoms with Gasteiger partial charge in [-0.2, -0.15) is 23.5 Å². The first-order valence-electron chi connectivity index (χ1n) is 7.61. The number of para-hydroxylation sites is 1. The van der Waals surface area contributed by atoms with Gasteiger partial charge in [-0.05, 0) is 30.5 Å². The Hall–Kier alpha value is -0.710. The Kier molecular flexibility index (Phi) is 5.09. The van der Waals surface area contributed by atoms with Crippen molar-refractivity contribution in [3.8, 4) is 0 Å². The predicted molar refractivity (Wildman–Crippen MR) is 96.2 cm³/mol. The van der Waals surface area contributed by atoms with Crippen molar-refractivity contribution in [3.63, 3.8) is 0 Å². The van der Waals surface area contributed by atoms with E-state index in [1.54, 1.807) is 0 Å². The molecule has 3 rings (SSSR count). The highest BCUT2D eigenvalue weighted by atomic mass is 32.2. The van der Waals surface area contributed by atoms with Gasteiger partial charge in [0.15, 0.2) is 0 Å². The first-order valence-corrected chi connectivity index (χ1v) is 9.70. The number of fused-ring (bicyclic) bond motifs is 1. The van der Waals surface area contributed by atoms with E-state index >= 15 is 0 Å². The Labute approximate surface area is 135 Å². The number of hydrogen-bond donors (Lipinski definition) is 1. The fourth-order valence-corrected chi connectivity index (χ4v) is 6.23. The van der Waals surface area contributed by atoms with Gasteiger partial charge in [0.1, 0.15) is 0 Å². The van der Waals surface area contributed by atoms with E-state index in [0.717, 1.165) is 11.9 Å². The summed E-state index contributed by atoms with van der Waals surface area (Å²) in [5.74, 6) is 2.50. The fourth-order valence-electron chi connectivity index (χ4n) is 3.04. The second-order valence-corrected chi connectivity index (χ2v) is 8.14. The lowest BCUT2D eigenvalue weighted by Gasteiger charge is -2.34. The first kappa shape index (κ1) is 15.2. The van der Waals surface area contributed by atoms with E-state index in [1.807, 2.05) is 12.3 Å². The van der Waals surface area contributed by atoms with Crippen molar-refractivity contribution in [2.75, 3.05) is 11.5 Å². The molecule has 0 spiro atoms. The number of pyridine rings is 1. The lowest BCUT2D eigenvalue weighted by atomic mass is 9.98. The molecular weight excluding hydrogens is 296 g/mol. The van der Waals surface area contributed by atoms with Crippen LogP contribution in [0.5, 0.6) is 0 Å². The average Bonchev–Trinajstić information content (AvgIpc) is 2.55. The van der Waals surface area contributed by atoms with Crippen LogP contribution >= 0.6 is 23.5 Å². The highest BCUT2D eigenvalue weighted by Crippen LogP contribution is 2.35. The average molecular weight is 319 g/mol. The number of thioether (sulfide) groups is 2. The maximum atomic E-state index is 6.58. The van der Waals surface area contributed by atoms with Gasteiger partial charge < -0.3 is 5.73 Å². The third kappa shape index (κ3) is 3.38. The molecular formula is C17H22N2S2. The van der Waals surface area contributed by atoms with Crippen LogP contribution < -0.4 is 5.73 Å². The molecule has 112 valence electrons. The van der Waals surface area contributed by atoms with E-state index in [9.17, 15) is 0 Å². The normalized spacial score (nSPS) is 24.1. The largest absolute Gasteiger partial charge is 0.326 e. The van der Waals surface area contributed by atoms with E-state index in [2.05, 4.69) is 59.7 Å². The fraction of sp³-hybridized carbons (Fsp3) is 0.471. The van der Waals surface area contributed by atoms with Crippen molar-refractivity contribution in [3.05, 3.63) is 42.1 Å². The molecule has 0 amide bonds. The smallest absolute Gasteiger partial charge is 0.0704 e. The third-order valence-electron chi connectivity index (χ3n) is 4.11. The number of nitrogens with zero attached hydrogens (tertiary/aromatic N) is 1. The van der Waals surface area contributed by atoms with Crippen LogP contribution in [0.2, 0.25) is 0 Å². The molecule has 1 saturated heterocycles. The summed E-state index contributed by atoms with van der Waals surface area (Å²) < 4.78 is 0. The summed E-state index contributed by atoms with van der Waals surface area (Å²) in [4.78, 5) is 4.44. The maximum absolute atomic E-state index is 6.58. The number of nitrogens with two attached hydrogens (primary N) is 1. The zero-order chi connectivity index (χ0) is 14.7. The maximum Gasteiger partial charge on any atom is 0.0704 e. The van der Waals surface area contributed by atoms with Crippen LogP contribution in [0.4, 0.5) is 0 Å². The zero-order valence-corrected chi connectivity index (χ0v) is 14.0. The summed E-state index contributed by atoms with van der Waals surface area (Å²) in [5.41, 5.74) is 8.98. The molecule has 1 aliphatic rings. The molecule has 2 nitrogen and oxygen atoms in total. The van der Waals surface area contributed by atoms with Crippen molar-refractivity contribution in [1.82, 2.24) is 4.98 Å². The molecule has 4 heteroatoms. The topological polar surface area (TPSA) is 38.9 Å². The summed E-state index contributed by atoms with van der Waals surface area (Å²) >= 11 is 4.17. The predicted octanol–water partition coefficient (Wildman–Crippen LogP) is 3.73. The summed E-state index contributed by atoms with van der Waals surface area (Å²) in [6.07, 6.45) is 4.06. The minimum atomic E-state index is 0.221. The Bertz CT molecular complexity index is 597. The molecule has 2 heterocycles. The SMILES string of the molecule is CCC1SCCSC1C(N)Cc1ccnc2ccccc12. The molecule has 1 fully saturated rings. The number of aromatic nitrogens is 1. The highest BCUT2D eigenvalue weighted by Gasteiger charge is 2.30. The van der Waals surface area contributed by atoms with Gasteiger partial charge in [-0.3, -0.25) is 4.98 Å². The Morgan fingerprint density at radius 1 is 1.24 bits per heavy atom. The van der Waals surface area contributed by atoms with Crippen LogP contribution in [-0.4, -0.2) is 33.0 Å². The molecule has 0 radical (unpaired) electrons. The lowest BCUT2D eigenvalue weighted by Crippen LogP contribution is -2.43. The Balaban J connectivity index is 1.81. The van der Waals surface area contributed by atoms with Crippen LogP contribution in [0, 0.1) is 0 Å². The molecule has 0 saturated carbocycles. The molecule has 1 aromatic carbocycles. The van der Waals surface area contributed by atoms with Gasteiger partial charge in [-0.25, -0.2) is 0 Å². The summed E-state index contributed by atoms with van der Waals surface area (Å²) in [7, 11) is 0. The van der Waals surface area contributed by atoms with Gasteiger partial charge >= 0.3 is 0 Å². The van der Waals surface area contributed by atoms with Gasteiger partial charge in [0, 0.05) is 39.6 Å². The van der Waals surface area contributed by atoms with Crippen LogP contribution in [-0.2, 0) is 6.42 Å².